The van der Waals surface area contributed by atoms with Crippen LogP contribution in [-0.4, -0.2) is 46.2 Å². The maximum Gasteiger partial charge on any atom is 0.338 e. The standard InChI is InChI=1S/C21H24N2O6S/c24-20(22-14-18-9-5-11-28-18)15-29-21(25)17-8-4-10-19(12-17)30(26,27)23-13-16-6-2-1-3-7-16/h1-4,6-8,10,12,18,23H,5,9,11,13-15H2,(H,22,24)/t18-/m0/s1. The van der Waals surface area contributed by atoms with Gasteiger partial charge in [-0.15, -0.1) is 0 Å². The van der Waals surface area contributed by atoms with E-state index in [9.17, 15) is 18.0 Å². The molecule has 1 atom stereocenters. The van der Waals surface area contributed by atoms with Crippen molar-refractivity contribution in [2.45, 2.75) is 30.4 Å². The summed E-state index contributed by atoms with van der Waals surface area (Å²) < 4.78 is 37.9. The third kappa shape index (κ3) is 6.38. The third-order valence-electron chi connectivity index (χ3n) is 4.57. The van der Waals surface area contributed by atoms with Crippen molar-refractivity contribution < 1.29 is 27.5 Å². The minimum atomic E-state index is -3.81. The number of amides is 1. The van der Waals surface area contributed by atoms with E-state index in [1.807, 2.05) is 18.2 Å². The highest BCUT2D eigenvalue weighted by Gasteiger charge is 2.19. The predicted molar refractivity (Wildman–Crippen MR) is 109 cm³/mol. The van der Waals surface area contributed by atoms with Gasteiger partial charge in [0.2, 0.25) is 10.0 Å². The molecule has 2 N–H and O–H groups in total. The molecule has 0 aliphatic carbocycles. The van der Waals surface area contributed by atoms with Crippen molar-refractivity contribution in [1.29, 1.82) is 0 Å². The zero-order valence-corrected chi connectivity index (χ0v) is 17.2. The first-order valence-electron chi connectivity index (χ1n) is 9.63. The molecule has 0 saturated carbocycles. The minimum Gasteiger partial charge on any atom is -0.452 e. The fourth-order valence-corrected chi connectivity index (χ4v) is 4.01. The fraction of sp³-hybridized carbons (Fsp3) is 0.333. The van der Waals surface area contributed by atoms with Crippen LogP contribution in [0.4, 0.5) is 0 Å². The Morgan fingerprint density at radius 1 is 1.10 bits per heavy atom. The summed E-state index contributed by atoms with van der Waals surface area (Å²) in [6, 6.07) is 14.6. The monoisotopic (exact) mass is 432 g/mol. The summed E-state index contributed by atoms with van der Waals surface area (Å²) in [5.41, 5.74) is 0.857. The minimum absolute atomic E-state index is 0.00470. The van der Waals surface area contributed by atoms with Gasteiger partial charge < -0.3 is 14.8 Å². The number of ether oxygens (including phenoxy) is 2. The van der Waals surface area contributed by atoms with Crippen LogP contribution >= 0.6 is 0 Å². The molecule has 30 heavy (non-hydrogen) atoms. The van der Waals surface area contributed by atoms with Crippen LogP contribution in [0.2, 0.25) is 0 Å². The second-order valence-corrected chi connectivity index (χ2v) is 8.62. The highest BCUT2D eigenvalue weighted by molar-refractivity contribution is 7.89. The maximum absolute atomic E-state index is 12.5. The molecule has 0 aromatic heterocycles. The van der Waals surface area contributed by atoms with Crippen LogP contribution in [0.3, 0.4) is 0 Å². The van der Waals surface area contributed by atoms with Gasteiger partial charge in [-0.25, -0.2) is 17.9 Å². The van der Waals surface area contributed by atoms with E-state index in [0.717, 1.165) is 18.4 Å². The second kappa shape index (κ2) is 10.3. The van der Waals surface area contributed by atoms with Gasteiger partial charge in [-0.1, -0.05) is 36.4 Å². The number of hydrogen-bond acceptors (Lipinski definition) is 6. The number of carbonyl (C=O) groups excluding carboxylic acids is 2. The van der Waals surface area contributed by atoms with Gasteiger partial charge in [-0.05, 0) is 36.6 Å². The van der Waals surface area contributed by atoms with Crippen molar-refractivity contribution in [2.24, 2.45) is 0 Å². The Morgan fingerprint density at radius 3 is 2.63 bits per heavy atom. The smallest absolute Gasteiger partial charge is 0.338 e. The average Bonchev–Trinajstić information content (AvgIpc) is 3.29. The number of benzene rings is 2. The molecule has 1 aliphatic rings. The highest BCUT2D eigenvalue weighted by Crippen LogP contribution is 2.14. The first-order chi connectivity index (χ1) is 14.4. The van der Waals surface area contributed by atoms with Crippen molar-refractivity contribution in [3.63, 3.8) is 0 Å². The maximum atomic E-state index is 12.5. The first kappa shape index (κ1) is 21.9. The molecule has 0 unspecified atom stereocenters. The second-order valence-electron chi connectivity index (χ2n) is 6.85. The molecule has 9 heteroatoms. The molecule has 0 bridgehead atoms. The molecule has 0 spiro atoms. The predicted octanol–water partition coefficient (Wildman–Crippen LogP) is 1.62. The number of nitrogens with one attached hydrogen (secondary N) is 2. The molecule has 0 radical (unpaired) electrons. The summed E-state index contributed by atoms with van der Waals surface area (Å²) in [5, 5.41) is 2.65. The van der Waals surface area contributed by atoms with Crippen LogP contribution < -0.4 is 10.0 Å². The summed E-state index contributed by atoms with van der Waals surface area (Å²) in [7, 11) is -3.81. The van der Waals surface area contributed by atoms with Crippen molar-refractivity contribution >= 4 is 21.9 Å². The quantitative estimate of drug-likeness (QED) is 0.583. The molecule has 1 amide bonds. The third-order valence-corrected chi connectivity index (χ3v) is 5.97. The summed E-state index contributed by atoms with van der Waals surface area (Å²) in [6.45, 7) is 0.740. The van der Waals surface area contributed by atoms with Gasteiger partial charge in [0.1, 0.15) is 0 Å². The first-order valence-corrected chi connectivity index (χ1v) is 11.1. The molecule has 160 valence electrons. The van der Waals surface area contributed by atoms with Gasteiger partial charge in [0.25, 0.3) is 5.91 Å². The van der Waals surface area contributed by atoms with Crippen LogP contribution in [0, 0.1) is 0 Å². The van der Waals surface area contributed by atoms with Crippen LogP contribution in [0.5, 0.6) is 0 Å². The van der Waals surface area contributed by atoms with Gasteiger partial charge in [0.15, 0.2) is 6.61 Å². The van der Waals surface area contributed by atoms with Gasteiger partial charge in [0.05, 0.1) is 16.6 Å². The van der Waals surface area contributed by atoms with Crippen molar-refractivity contribution in [2.75, 3.05) is 19.8 Å². The normalized spacial score (nSPS) is 16.2. The molecule has 1 saturated heterocycles. The molecular formula is C21H24N2O6S. The van der Waals surface area contributed by atoms with E-state index in [4.69, 9.17) is 9.47 Å². The highest BCUT2D eigenvalue weighted by atomic mass is 32.2. The number of carbonyl (C=O) groups is 2. The Bertz CT molecular complexity index is 972. The molecule has 1 aliphatic heterocycles. The SMILES string of the molecule is O=C(COC(=O)c1cccc(S(=O)(=O)NCc2ccccc2)c1)NC[C@@H]1CCCO1. The lowest BCUT2D eigenvalue weighted by molar-refractivity contribution is -0.124. The van der Waals surface area contributed by atoms with Gasteiger partial charge in [0, 0.05) is 19.7 Å². The number of hydrogen-bond donors (Lipinski definition) is 2. The van der Waals surface area contributed by atoms with E-state index in [1.54, 1.807) is 12.1 Å². The Labute approximate surface area is 175 Å². The summed E-state index contributed by atoms with van der Waals surface area (Å²) in [5.74, 6) is -1.21. The van der Waals surface area contributed by atoms with E-state index >= 15 is 0 Å². The van der Waals surface area contributed by atoms with Crippen LogP contribution in [0.15, 0.2) is 59.5 Å². The zero-order valence-electron chi connectivity index (χ0n) is 16.4. The lowest BCUT2D eigenvalue weighted by Gasteiger charge is -2.11. The summed E-state index contributed by atoms with van der Waals surface area (Å²) in [6.07, 6.45) is 1.85. The van der Waals surface area contributed by atoms with Crippen molar-refractivity contribution in [1.82, 2.24) is 10.0 Å². The van der Waals surface area contributed by atoms with Crippen LogP contribution in [0.25, 0.3) is 0 Å². The van der Waals surface area contributed by atoms with Gasteiger partial charge >= 0.3 is 5.97 Å². The van der Waals surface area contributed by atoms with E-state index in [2.05, 4.69) is 10.0 Å². The van der Waals surface area contributed by atoms with Crippen LogP contribution in [-0.2, 0) is 30.8 Å². The van der Waals surface area contributed by atoms with E-state index in [-0.39, 0.29) is 23.1 Å². The average molecular weight is 432 g/mol. The molecule has 2 aromatic carbocycles. The Morgan fingerprint density at radius 2 is 1.90 bits per heavy atom. The summed E-state index contributed by atoms with van der Waals surface area (Å²) in [4.78, 5) is 24.0. The largest absolute Gasteiger partial charge is 0.452 e. The fourth-order valence-electron chi connectivity index (χ4n) is 2.95. The zero-order chi connectivity index (χ0) is 21.4. The van der Waals surface area contributed by atoms with Crippen LogP contribution in [0.1, 0.15) is 28.8 Å². The van der Waals surface area contributed by atoms with Crippen molar-refractivity contribution in [3.05, 3.63) is 65.7 Å². The van der Waals surface area contributed by atoms with E-state index in [1.165, 1.54) is 24.3 Å². The molecule has 3 rings (SSSR count). The lowest BCUT2D eigenvalue weighted by atomic mass is 10.2. The van der Waals surface area contributed by atoms with E-state index < -0.39 is 28.5 Å². The number of rotatable bonds is 9. The molecule has 8 nitrogen and oxygen atoms in total. The molecular weight excluding hydrogens is 408 g/mol. The van der Waals surface area contributed by atoms with Gasteiger partial charge in [-0.3, -0.25) is 4.79 Å². The van der Waals surface area contributed by atoms with Gasteiger partial charge in [-0.2, -0.15) is 0 Å². The number of sulfonamides is 1. The molecule has 2 aromatic rings. The van der Waals surface area contributed by atoms with Crippen molar-refractivity contribution in [3.8, 4) is 0 Å². The number of esters is 1. The lowest BCUT2D eigenvalue weighted by Crippen LogP contribution is -2.34. The topological polar surface area (TPSA) is 111 Å². The Balaban J connectivity index is 1.53. The molecule has 1 fully saturated rings. The Kier molecular flexibility index (Phi) is 7.56. The molecule has 1 heterocycles. The summed E-state index contributed by atoms with van der Waals surface area (Å²) >= 11 is 0. The Hall–Kier alpha value is -2.75. The van der Waals surface area contributed by atoms with E-state index in [0.29, 0.717) is 13.2 Å².